The Morgan fingerprint density at radius 2 is 1.44 bits per heavy atom. The summed E-state index contributed by atoms with van der Waals surface area (Å²) in [4.78, 5) is 28.9. The molecule has 0 atom stereocenters. The van der Waals surface area contributed by atoms with Crippen LogP contribution in [0, 0.1) is 13.8 Å². The number of carbonyl (C=O) groups is 1. The van der Waals surface area contributed by atoms with Gasteiger partial charge in [-0.3, -0.25) is 5.32 Å². The molecule has 172 valence electrons. The van der Waals surface area contributed by atoms with E-state index in [1.165, 1.54) is 0 Å². The van der Waals surface area contributed by atoms with E-state index in [1.807, 2.05) is 74.5 Å². The highest BCUT2D eigenvalue weighted by Crippen LogP contribution is 2.25. The molecule has 0 radical (unpaired) electrons. The summed E-state index contributed by atoms with van der Waals surface area (Å²) in [7, 11) is 1.54. The van der Waals surface area contributed by atoms with Crippen molar-refractivity contribution in [3.63, 3.8) is 0 Å². The number of methoxy groups -OCH3 is 1. The van der Waals surface area contributed by atoms with Gasteiger partial charge in [-0.2, -0.15) is 20.0 Å². The molecule has 0 aliphatic rings. The number of hydrogen-bond acceptors (Lipinski definition) is 7. The third kappa shape index (κ3) is 7.65. The maximum atomic E-state index is 11.9. The number of nitrogens with one attached hydrogen (secondary N) is 1. The van der Waals surface area contributed by atoms with Crippen LogP contribution in [0.3, 0.4) is 0 Å². The van der Waals surface area contributed by atoms with Crippen LogP contribution in [0.4, 0.5) is 33.2 Å². The standard InChI is InChI=1S/C26H25N5O3/c1-19-9-11-22(15-24(19)30-18-27-21-7-5-4-6-8-21)28-17-29-23-12-10-20(2)25(16-23)31-26(32)34-14-13-33-3/h4-12,15-16H,13-14H2,1-3H3,(H,31,32). The summed E-state index contributed by atoms with van der Waals surface area (Å²) in [6.45, 7) is 4.33. The topological polar surface area (TPSA) is 97.0 Å². The van der Waals surface area contributed by atoms with Gasteiger partial charge < -0.3 is 9.47 Å². The second-order valence-corrected chi connectivity index (χ2v) is 7.21. The van der Waals surface area contributed by atoms with E-state index in [1.54, 1.807) is 13.2 Å². The molecule has 1 N–H and O–H groups in total. The van der Waals surface area contributed by atoms with E-state index >= 15 is 0 Å². The first kappa shape index (κ1) is 24.3. The minimum atomic E-state index is -0.557. The fourth-order valence-corrected chi connectivity index (χ4v) is 2.75. The lowest BCUT2D eigenvalue weighted by Gasteiger charge is -2.09. The molecule has 0 unspecified atom stereocenters. The number of hydrogen-bond donors (Lipinski definition) is 1. The van der Waals surface area contributed by atoms with Gasteiger partial charge in [0.25, 0.3) is 0 Å². The van der Waals surface area contributed by atoms with E-state index in [0.717, 1.165) is 16.8 Å². The molecule has 0 aliphatic heterocycles. The van der Waals surface area contributed by atoms with Gasteiger partial charge in [-0.15, -0.1) is 0 Å². The number of nitrogens with zero attached hydrogens (tertiary/aromatic N) is 4. The first-order valence-electron chi connectivity index (χ1n) is 10.6. The Morgan fingerprint density at radius 3 is 2.18 bits per heavy atom. The third-order valence-electron chi connectivity index (χ3n) is 4.64. The van der Waals surface area contributed by atoms with Gasteiger partial charge >= 0.3 is 6.09 Å². The first-order chi connectivity index (χ1) is 16.5. The van der Waals surface area contributed by atoms with Crippen molar-refractivity contribution < 1.29 is 14.3 Å². The smallest absolute Gasteiger partial charge is 0.411 e. The fourth-order valence-electron chi connectivity index (χ4n) is 2.75. The van der Waals surface area contributed by atoms with Crippen LogP contribution < -0.4 is 5.32 Å². The summed E-state index contributed by atoms with van der Waals surface area (Å²) in [6, 6.07) is 25.9. The van der Waals surface area contributed by atoms with Crippen LogP contribution in [0.15, 0.2) is 86.7 Å². The Hall–Kier alpha value is -4.35. The molecule has 3 rings (SSSR count). The Labute approximate surface area is 198 Å². The number of aryl methyl sites for hydroxylation is 2. The molecule has 34 heavy (non-hydrogen) atoms. The number of carbonyl (C=O) groups excluding carboxylic acids is 1. The van der Waals surface area contributed by atoms with Crippen molar-refractivity contribution in [3.05, 3.63) is 77.9 Å². The van der Waals surface area contributed by atoms with Crippen LogP contribution in [-0.2, 0) is 9.47 Å². The predicted molar refractivity (Wildman–Crippen MR) is 134 cm³/mol. The maximum absolute atomic E-state index is 11.9. The lowest BCUT2D eigenvalue weighted by molar-refractivity contribution is 0.107. The van der Waals surface area contributed by atoms with Gasteiger partial charge in [-0.1, -0.05) is 30.3 Å². The third-order valence-corrected chi connectivity index (χ3v) is 4.64. The Balaban J connectivity index is 1.72. The Bertz CT molecular complexity index is 1260. The van der Waals surface area contributed by atoms with E-state index in [2.05, 4.69) is 37.3 Å². The zero-order valence-corrected chi connectivity index (χ0v) is 19.3. The normalized spacial score (nSPS) is 9.85. The second kappa shape index (κ2) is 12.6. The number of aliphatic imine (C=N–C) groups is 4. The number of benzene rings is 3. The van der Waals surface area contributed by atoms with Crippen LogP contribution in [0.2, 0.25) is 0 Å². The molecule has 0 heterocycles. The van der Waals surface area contributed by atoms with E-state index in [-0.39, 0.29) is 6.61 Å². The summed E-state index contributed by atoms with van der Waals surface area (Å²) < 4.78 is 9.90. The number of anilines is 1. The summed E-state index contributed by atoms with van der Waals surface area (Å²) >= 11 is 0. The molecule has 1 amide bonds. The Morgan fingerprint density at radius 1 is 0.794 bits per heavy atom. The molecule has 8 nitrogen and oxygen atoms in total. The van der Waals surface area contributed by atoms with E-state index in [9.17, 15) is 4.79 Å². The minimum absolute atomic E-state index is 0.173. The summed E-state index contributed by atoms with van der Waals surface area (Å²) in [6.07, 6.45) is -0.557. The van der Waals surface area contributed by atoms with Crippen molar-refractivity contribution in [2.75, 3.05) is 25.6 Å². The van der Waals surface area contributed by atoms with Crippen molar-refractivity contribution in [2.45, 2.75) is 13.8 Å². The predicted octanol–water partition coefficient (Wildman–Crippen LogP) is 6.77. The van der Waals surface area contributed by atoms with E-state index in [0.29, 0.717) is 29.4 Å². The molecule has 8 heteroatoms. The van der Waals surface area contributed by atoms with Gasteiger partial charge in [-0.05, 0) is 61.4 Å². The SMILES string of the molecule is COCCOC(=O)Nc1cc(N=C=Nc2ccc(C)c(N=C=Nc3ccccc3)c2)ccc1C. The lowest BCUT2D eigenvalue weighted by Crippen LogP contribution is -2.16. The molecule has 0 aromatic heterocycles. The monoisotopic (exact) mass is 455 g/mol. The highest BCUT2D eigenvalue weighted by atomic mass is 16.6. The summed E-state index contributed by atoms with van der Waals surface area (Å²) in [5.74, 6) is 0. The van der Waals surface area contributed by atoms with Crippen molar-refractivity contribution in [2.24, 2.45) is 20.0 Å². The number of amides is 1. The highest BCUT2D eigenvalue weighted by molar-refractivity contribution is 5.86. The largest absolute Gasteiger partial charge is 0.447 e. The number of rotatable bonds is 8. The molecule has 3 aromatic carbocycles. The average molecular weight is 456 g/mol. The second-order valence-electron chi connectivity index (χ2n) is 7.21. The quantitative estimate of drug-likeness (QED) is 0.300. The van der Waals surface area contributed by atoms with E-state index in [4.69, 9.17) is 9.47 Å². The van der Waals surface area contributed by atoms with Crippen LogP contribution in [0.5, 0.6) is 0 Å². The van der Waals surface area contributed by atoms with Crippen molar-refractivity contribution in [1.29, 1.82) is 0 Å². The zero-order valence-electron chi connectivity index (χ0n) is 19.3. The Kier molecular flexibility index (Phi) is 9.02. The molecular weight excluding hydrogens is 430 g/mol. The number of ether oxygens (including phenoxy) is 2. The van der Waals surface area contributed by atoms with Gasteiger partial charge in [0.2, 0.25) is 0 Å². The van der Waals surface area contributed by atoms with E-state index < -0.39 is 6.09 Å². The summed E-state index contributed by atoms with van der Waals surface area (Å²) in [5, 5.41) is 2.70. The molecule has 0 aliphatic carbocycles. The van der Waals surface area contributed by atoms with Crippen molar-refractivity contribution >= 4 is 46.5 Å². The first-order valence-corrected chi connectivity index (χ1v) is 10.6. The van der Waals surface area contributed by atoms with Crippen molar-refractivity contribution in [1.82, 2.24) is 0 Å². The molecule has 0 saturated carbocycles. The fraction of sp³-hybridized carbons (Fsp3) is 0.192. The molecule has 3 aromatic rings. The van der Waals surface area contributed by atoms with Gasteiger partial charge in [0, 0.05) is 12.8 Å². The minimum Gasteiger partial charge on any atom is -0.447 e. The van der Waals surface area contributed by atoms with Crippen LogP contribution in [-0.4, -0.2) is 38.4 Å². The average Bonchev–Trinajstić information content (AvgIpc) is 2.84. The van der Waals surface area contributed by atoms with Crippen LogP contribution in [0.1, 0.15) is 11.1 Å². The van der Waals surface area contributed by atoms with Gasteiger partial charge in [0.1, 0.15) is 18.6 Å². The van der Waals surface area contributed by atoms with Gasteiger partial charge in [0.05, 0.1) is 29.4 Å². The summed E-state index contributed by atoms with van der Waals surface area (Å²) in [5.41, 5.74) is 5.15. The molecule has 0 spiro atoms. The van der Waals surface area contributed by atoms with Crippen LogP contribution >= 0.6 is 0 Å². The molecule has 0 fully saturated rings. The maximum Gasteiger partial charge on any atom is 0.411 e. The van der Waals surface area contributed by atoms with Crippen LogP contribution in [0.25, 0.3) is 0 Å². The number of para-hydroxylation sites is 1. The molecular formula is C26H25N5O3. The molecule has 0 saturated heterocycles. The zero-order chi connectivity index (χ0) is 24.2. The molecule has 0 bridgehead atoms. The van der Waals surface area contributed by atoms with Crippen molar-refractivity contribution in [3.8, 4) is 0 Å². The van der Waals surface area contributed by atoms with Gasteiger partial charge in [-0.25, -0.2) is 4.79 Å². The van der Waals surface area contributed by atoms with Gasteiger partial charge in [0.15, 0.2) is 0 Å². The lowest BCUT2D eigenvalue weighted by atomic mass is 10.2. The highest BCUT2D eigenvalue weighted by Gasteiger charge is 2.06.